The minimum absolute atomic E-state index is 0.0909. The van der Waals surface area contributed by atoms with E-state index in [4.69, 9.17) is 9.84 Å². The first kappa shape index (κ1) is 18.4. The van der Waals surface area contributed by atoms with E-state index in [1.807, 2.05) is 0 Å². The zero-order valence-electron chi connectivity index (χ0n) is 14.5. The second-order valence-corrected chi connectivity index (χ2v) is 8.34. The van der Waals surface area contributed by atoms with Crippen LogP contribution in [0.4, 0.5) is 4.79 Å². The Bertz CT molecular complexity index is 935. The Balaban J connectivity index is 1.59. The van der Waals surface area contributed by atoms with Crippen LogP contribution in [0.1, 0.15) is 25.7 Å². The molecule has 144 valence electrons. The lowest BCUT2D eigenvalue weighted by Crippen LogP contribution is -2.66. The van der Waals surface area contributed by atoms with Crippen molar-refractivity contribution in [1.29, 1.82) is 0 Å². The molecule has 5 rings (SSSR count). The van der Waals surface area contributed by atoms with E-state index in [9.17, 15) is 14.7 Å². The summed E-state index contributed by atoms with van der Waals surface area (Å²) in [6.45, 7) is 0.321. The number of halogens is 1. The molecule has 8 nitrogen and oxygen atoms in total. The van der Waals surface area contributed by atoms with Crippen molar-refractivity contribution in [3.8, 4) is 0 Å². The molecule has 3 aliphatic rings. The molecule has 0 aromatic carbocycles. The summed E-state index contributed by atoms with van der Waals surface area (Å²) in [6, 6.07) is 4.91. The van der Waals surface area contributed by atoms with Crippen LogP contribution in [-0.2, 0) is 11.3 Å². The quantitative estimate of drug-likeness (QED) is 0.672. The smallest absolute Gasteiger partial charge is 0.405 e. The maximum atomic E-state index is 12.4. The lowest BCUT2D eigenvalue weighted by atomic mass is 9.69. The van der Waals surface area contributed by atoms with E-state index >= 15 is 0 Å². The van der Waals surface area contributed by atoms with Gasteiger partial charge in [0.2, 0.25) is 0 Å². The van der Waals surface area contributed by atoms with Crippen molar-refractivity contribution in [2.45, 2.75) is 49.5 Å². The predicted octanol–water partition coefficient (Wildman–Crippen LogP) is 1.87. The number of amides is 1. The van der Waals surface area contributed by atoms with Crippen LogP contribution < -0.4 is 10.9 Å². The summed E-state index contributed by atoms with van der Waals surface area (Å²) in [5.74, 6) is 0. The Morgan fingerprint density at radius 2 is 2.11 bits per heavy atom. The lowest BCUT2D eigenvalue weighted by Gasteiger charge is -2.54. The molecule has 1 amide bonds. The number of rotatable bonds is 4. The fourth-order valence-electron chi connectivity index (χ4n) is 4.21. The standard InChI is InChI=1S/C18H20BrN3O5/c19-11-7-13-12(20-8-11)1-2-15(24)22(13)9-14(23)18-5-3-17(4-6-18,10-27-18)21-16(25)26/h1-2,7-8,14,21,23H,3-6,9-10H2,(H,25,26). The van der Waals surface area contributed by atoms with E-state index in [-0.39, 0.29) is 18.7 Å². The van der Waals surface area contributed by atoms with Gasteiger partial charge in [-0.15, -0.1) is 0 Å². The average Bonchev–Trinajstić information content (AvgIpc) is 2.64. The Labute approximate surface area is 163 Å². The van der Waals surface area contributed by atoms with Gasteiger partial charge in [0.05, 0.1) is 35.3 Å². The topological polar surface area (TPSA) is 114 Å². The molecular weight excluding hydrogens is 418 g/mol. The number of hydrogen-bond donors (Lipinski definition) is 3. The molecule has 27 heavy (non-hydrogen) atoms. The molecule has 9 heteroatoms. The molecule has 1 unspecified atom stereocenters. The summed E-state index contributed by atoms with van der Waals surface area (Å²) in [5, 5.41) is 22.6. The number of aromatic nitrogens is 2. The summed E-state index contributed by atoms with van der Waals surface area (Å²) >= 11 is 3.37. The number of ether oxygens (including phenoxy) is 1. The molecule has 2 aliphatic heterocycles. The molecule has 0 spiro atoms. The summed E-state index contributed by atoms with van der Waals surface area (Å²) in [7, 11) is 0. The summed E-state index contributed by atoms with van der Waals surface area (Å²) < 4.78 is 8.23. The van der Waals surface area contributed by atoms with Crippen LogP contribution in [0.2, 0.25) is 0 Å². The van der Waals surface area contributed by atoms with Crippen LogP contribution in [0, 0.1) is 0 Å². The Hall–Kier alpha value is -1.97. The highest BCUT2D eigenvalue weighted by Gasteiger charge is 2.53. The van der Waals surface area contributed by atoms with Gasteiger partial charge in [0.15, 0.2) is 0 Å². The molecule has 2 aromatic heterocycles. The minimum Gasteiger partial charge on any atom is -0.465 e. The van der Waals surface area contributed by atoms with Crippen LogP contribution in [0.15, 0.2) is 33.7 Å². The van der Waals surface area contributed by atoms with E-state index in [0.29, 0.717) is 36.7 Å². The number of nitrogens with zero attached hydrogens (tertiary/aromatic N) is 2. The Morgan fingerprint density at radius 3 is 2.74 bits per heavy atom. The fraction of sp³-hybridized carbons (Fsp3) is 0.500. The maximum Gasteiger partial charge on any atom is 0.405 e. The number of nitrogens with one attached hydrogen (secondary N) is 1. The van der Waals surface area contributed by atoms with Crippen LogP contribution in [0.3, 0.4) is 0 Å². The molecule has 2 bridgehead atoms. The second kappa shape index (κ2) is 6.57. The molecule has 4 heterocycles. The van der Waals surface area contributed by atoms with Gasteiger partial charge in [0.1, 0.15) is 6.10 Å². The predicted molar refractivity (Wildman–Crippen MR) is 101 cm³/mol. The first-order valence-corrected chi connectivity index (χ1v) is 9.60. The van der Waals surface area contributed by atoms with E-state index in [1.165, 1.54) is 10.6 Å². The van der Waals surface area contributed by atoms with Crippen molar-refractivity contribution < 1.29 is 19.7 Å². The number of pyridine rings is 2. The maximum absolute atomic E-state index is 12.4. The Morgan fingerprint density at radius 1 is 1.37 bits per heavy atom. The lowest BCUT2D eigenvalue weighted by molar-refractivity contribution is -0.209. The van der Waals surface area contributed by atoms with Gasteiger partial charge in [-0.05, 0) is 53.7 Å². The van der Waals surface area contributed by atoms with Crippen molar-refractivity contribution >= 4 is 33.1 Å². The summed E-state index contributed by atoms with van der Waals surface area (Å²) in [5.41, 5.74) is -0.242. The third kappa shape index (κ3) is 3.24. The molecule has 1 saturated carbocycles. The van der Waals surface area contributed by atoms with Gasteiger partial charge in [0.25, 0.3) is 5.56 Å². The zero-order valence-corrected chi connectivity index (χ0v) is 16.1. The van der Waals surface area contributed by atoms with Crippen molar-refractivity contribution in [1.82, 2.24) is 14.9 Å². The fourth-order valence-corrected chi connectivity index (χ4v) is 4.53. The molecule has 2 aromatic rings. The number of aliphatic hydroxyl groups excluding tert-OH is 1. The number of hydrogen-bond acceptors (Lipinski definition) is 5. The minimum atomic E-state index is -1.06. The van der Waals surface area contributed by atoms with Crippen LogP contribution in [0.5, 0.6) is 0 Å². The average molecular weight is 438 g/mol. The highest BCUT2D eigenvalue weighted by atomic mass is 79.9. The van der Waals surface area contributed by atoms with E-state index in [0.717, 1.165) is 4.47 Å². The monoisotopic (exact) mass is 437 g/mol. The number of aliphatic hydroxyl groups is 1. The molecular formula is C18H20BrN3O5. The van der Waals surface area contributed by atoms with Crippen molar-refractivity contribution in [2.24, 2.45) is 0 Å². The molecule has 3 N–H and O–H groups in total. The van der Waals surface area contributed by atoms with Crippen LogP contribution in [-0.4, -0.2) is 49.7 Å². The molecule has 0 radical (unpaired) electrons. The van der Waals surface area contributed by atoms with Gasteiger partial charge in [-0.25, -0.2) is 4.79 Å². The van der Waals surface area contributed by atoms with Crippen LogP contribution >= 0.6 is 15.9 Å². The first-order valence-electron chi connectivity index (χ1n) is 8.81. The number of carboxylic acid groups (broad SMARTS) is 1. The van der Waals surface area contributed by atoms with Crippen molar-refractivity contribution in [3.63, 3.8) is 0 Å². The first-order chi connectivity index (χ1) is 12.8. The highest BCUT2D eigenvalue weighted by molar-refractivity contribution is 9.10. The SMILES string of the molecule is O=C(O)NC12CCC(C(O)Cn3c(=O)ccc4ncc(Br)cc43)(CC1)OC2. The normalized spacial score (nSPS) is 28.2. The third-order valence-electron chi connectivity index (χ3n) is 5.83. The molecule has 1 atom stereocenters. The molecule has 2 saturated heterocycles. The van der Waals surface area contributed by atoms with Gasteiger partial charge < -0.3 is 24.8 Å². The third-order valence-corrected chi connectivity index (χ3v) is 6.26. The van der Waals surface area contributed by atoms with E-state index < -0.39 is 23.3 Å². The number of fused-ring (bicyclic) bond motifs is 4. The van der Waals surface area contributed by atoms with Crippen LogP contribution in [0.25, 0.3) is 11.0 Å². The largest absolute Gasteiger partial charge is 0.465 e. The zero-order chi connectivity index (χ0) is 19.2. The van der Waals surface area contributed by atoms with Gasteiger partial charge in [-0.1, -0.05) is 0 Å². The molecule has 1 aliphatic carbocycles. The second-order valence-electron chi connectivity index (χ2n) is 7.42. The van der Waals surface area contributed by atoms with Gasteiger partial charge in [-0.3, -0.25) is 9.78 Å². The van der Waals surface area contributed by atoms with Crippen molar-refractivity contribution in [3.05, 3.63) is 39.2 Å². The van der Waals surface area contributed by atoms with E-state index in [2.05, 4.69) is 26.2 Å². The van der Waals surface area contributed by atoms with Gasteiger partial charge >= 0.3 is 6.09 Å². The number of carbonyl (C=O) groups is 1. The van der Waals surface area contributed by atoms with Gasteiger partial charge in [0, 0.05) is 16.7 Å². The highest BCUT2D eigenvalue weighted by Crippen LogP contribution is 2.45. The van der Waals surface area contributed by atoms with Crippen molar-refractivity contribution in [2.75, 3.05) is 6.61 Å². The molecule has 3 fully saturated rings. The van der Waals surface area contributed by atoms with Gasteiger partial charge in [-0.2, -0.15) is 0 Å². The van der Waals surface area contributed by atoms with E-state index in [1.54, 1.807) is 18.3 Å². The summed E-state index contributed by atoms with van der Waals surface area (Å²) in [4.78, 5) is 27.8. The summed E-state index contributed by atoms with van der Waals surface area (Å²) in [6.07, 6.45) is 2.00. The Kier molecular flexibility index (Phi) is 4.48.